The van der Waals surface area contributed by atoms with Gasteiger partial charge in [0.1, 0.15) is 5.67 Å². The number of fused-ring (bicyclic) bond motifs is 1. The van der Waals surface area contributed by atoms with Gasteiger partial charge >= 0.3 is 0 Å². The van der Waals surface area contributed by atoms with Crippen molar-refractivity contribution in [2.24, 2.45) is 5.73 Å². The van der Waals surface area contributed by atoms with Crippen LogP contribution in [0, 0.1) is 0 Å². The van der Waals surface area contributed by atoms with Gasteiger partial charge in [-0.05, 0) is 50.2 Å². The molecule has 3 unspecified atom stereocenters. The predicted molar refractivity (Wildman–Crippen MR) is 72.5 cm³/mol. The number of benzene rings is 1. The number of halogens is 1. The van der Waals surface area contributed by atoms with Crippen LogP contribution in [0.15, 0.2) is 24.3 Å². The summed E-state index contributed by atoms with van der Waals surface area (Å²) in [4.78, 5) is 0. The second-order valence-electron chi connectivity index (χ2n) is 5.78. The van der Waals surface area contributed by atoms with E-state index in [-0.39, 0.29) is 12.1 Å². The lowest BCUT2D eigenvalue weighted by molar-refractivity contribution is 0.0697. The zero-order valence-corrected chi connectivity index (χ0v) is 10.7. The van der Waals surface area contributed by atoms with Gasteiger partial charge in [0, 0.05) is 11.7 Å². The summed E-state index contributed by atoms with van der Waals surface area (Å²) in [5, 5.41) is 3.40. The summed E-state index contributed by atoms with van der Waals surface area (Å²) in [5.41, 5.74) is 7.23. The standard InChI is InChI=1S/C15H21FN2/c16-15(9-3-5-12(17)10-15)14-8-7-11-4-1-2-6-13(11)18-14/h1-2,4,6,12,14,18H,3,5,7-10,17H2. The molecule has 1 fully saturated rings. The average Bonchev–Trinajstić information content (AvgIpc) is 2.38. The summed E-state index contributed by atoms with van der Waals surface area (Å²) in [6.07, 6.45) is 4.88. The van der Waals surface area contributed by atoms with Gasteiger partial charge in [0.25, 0.3) is 0 Å². The molecule has 3 atom stereocenters. The molecule has 0 radical (unpaired) electrons. The number of alkyl halides is 1. The molecule has 0 saturated heterocycles. The quantitative estimate of drug-likeness (QED) is 0.801. The maximum atomic E-state index is 15.1. The van der Waals surface area contributed by atoms with E-state index in [2.05, 4.69) is 11.4 Å². The van der Waals surface area contributed by atoms with Gasteiger partial charge in [-0.3, -0.25) is 0 Å². The summed E-state index contributed by atoms with van der Waals surface area (Å²) in [5.74, 6) is 0. The van der Waals surface area contributed by atoms with Gasteiger partial charge in [-0.1, -0.05) is 18.2 Å². The van der Waals surface area contributed by atoms with E-state index in [9.17, 15) is 0 Å². The number of aryl methyl sites for hydroxylation is 1. The van der Waals surface area contributed by atoms with Crippen LogP contribution in [-0.2, 0) is 6.42 Å². The van der Waals surface area contributed by atoms with E-state index >= 15 is 4.39 Å². The molecule has 98 valence electrons. The minimum Gasteiger partial charge on any atom is -0.379 e. The molecule has 3 heteroatoms. The summed E-state index contributed by atoms with van der Waals surface area (Å²) >= 11 is 0. The first kappa shape index (κ1) is 12.0. The van der Waals surface area contributed by atoms with Gasteiger partial charge in [0.2, 0.25) is 0 Å². The maximum absolute atomic E-state index is 15.1. The average molecular weight is 248 g/mol. The van der Waals surface area contributed by atoms with Crippen molar-refractivity contribution in [1.29, 1.82) is 0 Å². The highest BCUT2D eigenvalue weighted by molar-refractivity contribution is 5.54. The molecule has 0 amide bonds. The smallest absolute Gasteiger partial charge is 0.132 e. The molecule has 3 N–H and O–H groups in total. The molecule has 1 aromatic rings. The highest BCUT2D eigenvalue weighted by atomic mass is 19.1. The largest absolute Gasteiger partial charge is 0.379 e. The number of para-hydroxylation sites is 1. The fraction of sp³-hybridized carbons (Fsp3) is 0.600. The molecule has 0 aromatic heterocycles. The minimum absolute atomic E-state index is 0.0303. The van der Waals surface area contributed by atoms with Crippen molar-refractivity contribution < 1.29 is 4.39 Å². The Balaban J connectivity index is 1.79. The molecule has 1 aliphatic carbocycles. The van der Waals surface area contributed by atoms with Crippen molar-refractivity contribution >= 4 is 5.69 Å². The molecule has 1 saturated carbocycles. The Morgan fingerprint density at radius 2 is 2.11 bits per heavy atom. The molecular formula is C15H21FN2. The summed E-state index contributed by atoms with van der Waals surface area (Å²) in [6.45, 7) is 0. The van der Waals surface area contributed by atoms with Crippen molar-refractivity contribution in [2.45, 2.75) is 56.3 Å². The summed E-state index contributed by atoms with van der Waals surface area (Å²) in [6, 6.07) is 8.18. The highest BCUT2D eigenvalue weighted by Gasteiger charge is 2.43. The van der Waals surface area contributed by atoms with E-state index in [1.807, 2.05) is 18.2 Å². The Bertz CT molecular complexity index is 434. The molecule has 1 heterocycles. The van der Waals surface area contributed by atoms with E-state index in [1.54, 1.807) is 0 Å². The van der Waals surface area contributed by atoms with E-state index in [1.165, 1.54) is 5.56 Å². The maximum Gasteiger partial charge on any atom is 0.132 e. The monoisotopic (exact) mass is 248 g/mol. The Labute approximate surface area is 108 Å². The third-order valence-electron chi connectivity index (χ3n) is 4.44. The fourth-order valence-electron chi connectivity index (χ4n) is 3.44. The zero-order chi connectivity index (χ0) is 12.6. The molecule has 1 aromatic carbocycles. The van der Waals surface area contributed by atoms with E-state index in [0.717, 1.165) is 31.4 Å². The van der Waals surface area contributed by atoms with Crippen LogP contribution < -0.4 is 11.1 Å². The van der Waals surface area contributed by atoms with E-state index in [4.69, 9.17) is 5.73 Å². The molecular weight excluding hydrogens is 227 g/mol. The van der Waals surface area contributed by atoms with Crippen LogP contribution in [-0.4, -0.2) is 17.8 Å². The lowest BCUT2D eigenvalue weighted by Crippen LogP contribution is -2.50. The van der Waals surface area contributed by atoms with E-state index in [0.29, 0.717) is 12.8 Å². The number of nitrogens with two attached hydrogens (primary N) is 1. The van der Waals surface area contributed by atoms with Crippen LogP contribution in [0.4, 0.5) is 10.1 Å². The first-order chi connectivity index (χ1) is 8.67. The summed E-state index contributed by atoms with van der Waals surface area (Å²) < 4.78 is 15.1. The molecule has 2 aliphatic rings. The van der Waals surface area contributed by atoms with Crippen LogP contribution in [0.1, 0.15) is 37.7 Å². The van der Waals surface area contributed by atoms with E-state index < -0.39 is 5.67 Å². The van der Waals surface area contributed by atoms with Crippen molar-refractivity contribution in [3.8, 4) is 0 Å². The number of hydrogen-bond acceptors (Lipinski definition) is 2. The number of anilines is 1. The van der Waals surface area contributed by atoms with Crippen molar-refractivity contribution in [2.75, 3.05) is 5.32 Å². The molecule has 0 spiro atoms. The van der Waals surface area contributed by atoms with Gasteiger partial charge in [-0.15, -0.1) is 0 Å². The van der Waals surface area contributed by atoms with Crippen LogP contribution in [0.5, 0.6) is 0 Å². The Kier molecular flexibility index (Phi) is 3.02. The van der Waals surface area contributed by atoms with Crippen LogP contribution in [0.25, 0.3) is 0 Å². The second-order valence-corrected chi connectivity index (χ2v) is 5.78. The van der Waals surface area contributed by atoms with Gasteiger partial charge in [0.05, 0.1) is 6.04 Å². The number of rotatable bonds is 1. The minimum atomic E-state index is -1.12. The highest BCUT2D eigenvalue weighted by Crippen LogP contribution is 2.39. The molecule has 18 heavy (non-hydrogen) atoms. The van der Waals surface area contributed by atoms with Gasteiger partial charge in [0.15, 0.2) is 0 Å². The Morgan fingerprint density at radius 3 is 2.94 bits per heavy atom. The van der Waals surface area contributed by atoms with Crippen LogP contribution in [0.3, 0.4) is 0 Å². The third-order valence-corrected chi connectivity index (χ3v) is 4.44. The molecule has 3 rings (SSSR count). The van der Waals surface area contributed by atoms with Gasteiger partial charge < -0.3 is 11.1 Å². The normalized spacial score (nSPS) is 35.7. The lowest BCUT2D eigenvalue weighted by atomic mass is 9.76. The SMILES string of the molecule is NC1CCCC(F)(C2CCc3ccccc3N2)C1. The first-order valence-electron chi connectivity index (χ1n) is 6.96. The lowest BCUT2D eigenvalue weighted by Gasteiger charge is -2.42. The Hall–Kier alpha value is -1.09. The van der Waals surface area contributed by atoms with Crippen molar-refractivity contribution in [3.05, 3.63) is 29.8 Å². The third kappa shape index (κ3) is 2.12. The Morgan fingerprint density at radius 1 is 1.28 bits per heavy atom. The van der Waals surface area contributed by atoms with Crippen molar-refractivity contribution in [1.82, 2.24) is 0 Å². The second kappa shape index (κ2) is 4.54. The zero-order valence-electron chi connectivity index (χ0n) is 10.7. The topological polar surface area (TPSA) is 38.0 Å². The molecule has 2 nitrogen and oxygen atoms in total. The van der Waals surface area contributed by atoms with Gasteiger partial charge in [-0.25, -0.2) is 4.39 Å². The molecule has 0 bridgehead atoms. The first-order valence-corrected chi connectivity index (χ1v) is 6.96. The van der Waals surface area contributed by atoms with Crippen LogP contribution >= 0.6 is 0 Å². The van der Waals surface area contributed by atoms with Crippen molar-refractivity contribution in [3.63, 3.8) is 0 Å². The summed E-state index contributed by atoms with van der Waals surface area (Å²) in [7, 11) is 0. The van der Waals surface area contributed by atoms with Crippen LogP contribution in [0.2, 0.25) is 0 Å². The predicted octanol–water partition coefficient (Wildman–Crippen LogP) is 3.02. The number of nitrogens with one attached hydrogen (secondary N) is 1. The molecule has 1 aliphatic heterocycles. The van der Waals surface area contributed by atoms with Gasteiger partial charge in [-0.2, -0.15) is 0 Å². The fourth-order valence-corrected chi connectivity index (χ4v) is 3.44. The number of hydrogen-bond donors (Lipinski definition) is 2.